The number of halogens is 5. The Bertz CT molecular complexity index is 720. The second-order valence-corrected chi connectivity index (χ2v) is 7.46. The van der Waals surface area contributed by atoms with E-state index >= 15 is 0 Å². The van der Waals surface area contributed by atoms with Crippen LogP contribution in [-0.4, -0.2) is 41.9 Å². The number of hydrazine groups is 1. The smallest absolute Gasteiger partial charge is 0.428 e. The van der Waals surface area contributed by atoms with Crippen LogP contribution in [0.3, 0.4) is 0 Å². The van der Waals surface area contributed by atoms with Crippen LogP contribution in [0.25, 0.3) is 0 Å². The van der Waals surface area contributed by atoms with Crippen molar-refractivity contribution in [2.75, 3.05) is 7.05 Å². The van der Waals surface area contributed by atoms with Crippen molar-refractivity contribution in [1.29, 1.82) is 0 Å². The first-order valence-electron chi connectivity index (χ1n) is 7.62. The number of alkyl halides is 3. The molecule has 6 nitrogen and oxygen atoms in total. The lowest BCUT2D eigenvalue weighted by Gasteiger charge is -2.25. The van der Waals surface area contributed by atoms with Crippen LogP contribution < -0.4 is 10.2 Å². The molecule has 1 N–H and O–H groups in total. The van der Waals surface area contributed by atoms with E-state index in [0.717, 1.165) is 19.2 Å². The summed E-state index contributed by atoms with van der Waals surface area (Å²) in [5.74, 6) is -2.96. The van der Waals surface area contributed by atoms with Gasteiger partial charge in [0, 0.05) is 11.5 Å². The van der Waals surface area contributed by atoms with Crippen LogP contribution in [0.2, 0.25) is 0 Å². The molecule has 152 valence electrons. The van der Waals surface area contributed by atoms with Crippen LogP contribution in [0.4, 0.5) is 22.4 Å². The molecular formula is C16H19BrF4N2O4. The zero-order valence-electron chi connectivity index (χ0n) is 15.2. The Morgan fingerprint density at radius 2 is 1.78 bits per heavy atom. The topological polar surface area (TPSA) is 67.9 Å². The largest absolute Gasteiger partial charge is 0.480 e. The first-order valence-corrected chi connectivity index (χ1v) is 8.41. The number of carbonyl (C=O) groups is 2. The number of amides is 2. The van der Waals surface area contributed by atoms with Gasteiger partial charge in [-0.2, -0.15) is 13.2 Å². The van der Waals surface area contributed by atoms with Crippen molar-refractivity contribution < 1.29 is 36.6 Å². The van der Waals surface area contributed by atoms with E-state index in [4.69, 9.17) is 9.47 Å². The second-order valence-electron chi connectivity index (χ2n) is 6.54. The van der Waals surface area contributed by atoms with Gasteiger partial charge < -0.3 is 9.47 Å². The highest BCUT2D eigenvalue weighted by Gasteiger charge is 2.39. The van der Waals surface area contributed by atoms with Gasteiger partial charge in [-0.3, -0.25) is 10.2 Å². The first kappa shape index (κ1) is 23.0. The quantitative estimate of drug-likeness (QED) is 0.537. The SMILES string of the molecule is CC(Oc1cc(Br)cc(F)c1C(=O)NN(C)C(=O)OC(C)(C)C)C(F)(F)F. The molecule has 11 heteroatoms. The molecule has 27 heavy (non-hydrogen) atoms. The molecule has 0 aliphatic carbocycles. The number of hydrogen-bond donors (Lipinski definition) is 1. The van der Waals surface area contributed by atoms with Crippen molar-refractivity contribution in [2.24, 2.45) is 0 Å². The Labute approximate surface area is 161 Å². The van der Waals surface area contributed by atoms with Crippen LogP contribution in [0, 0.1) is 5.82 Å². The van der Waals surface area contributed by atoms with Gasteiger partial charge >= 0.3 is 12.3 Å². The van der Waals surface area contributed by atoms with Gasteiger partial charge in [0.15, 0.2) is 6.10 Å². The third kappa shape index (κ3) is 6.89. The molecule has 1 rings (SSSR count). The molecule has 0 saturated heterocycles. The summed E-state index contributed by atoms with van der Waals surface area (Å²) in [6.07, 6.45) is -7.96. The van der Waals surface area contributed by atoms with E-state index < -0.39 is 47.0 Å². The highest BCUT2D eigenvalue weighted by Crippen LogP contribution is 2.31. The van der Waals surface area contributed by atoms with Crippen LogP contribution >= 0.6 is 15.9 Å². The van der Waals surface area contributed by atoms with Crippen molar-refractivity contribution in [3.63, 3.8) is 0 Å². The predicted octanol–water partition coefficient (Wildman–Crippen LogP) is 4.43. The lowest BCUT2D eigenvalue weighted by molar-refractivity contribution is -0.189. The Morgan fingerprint density at radius 1 is 1.22 bits per heavy atom. The predicted molar refractivity (Wildman–Crippen MR) is 91.7 cm³/mol. The maximum atomic E-state index is 14.2. The van der Waals surface area contributed by atoms with Gasteiger partial charge in [0.05, 0.1) is 0 Å². The average Bonchev–Trinajstić information content (AvgIpc) is 2.43. The van der Waals surface area contributed by atoms with Gasteiger partial charge in [0.1, 0.15) is 22.7 Å². The van der Waals surface area contributed by atoms with Crippen molar-refractivity contribution >= 4 is 27.9 Å². The zero-order valence-corrected chi connectivity index (χ0v) is 16.8. The molecule has 1 unspecified atom stereocenters. The lowest BCUT2D eigenvalue weighted by Crippen LogP contribution is -2.46. The summed E-state index contributed by atoms with van der Waals surface area (Å²) in [6.45, 7) is 5.51. The molecular weight excluding hydrogens is 440 g/mol. The van der Waals surface area contributed by atoms with Gasteiger partial charge in [0.25, 0.3) is 5.91 Å². The maximum Gasteiger partial charge on any atom is 0.428 e. The van der Waals surface area contributed by atoms with E-state index in [0.29, 0.717) is 11.9 Å². The molecule has 1 aromatic carbocycles. The fourth-order valence-electron chi connectivity index (χ4n) is 1.70. The van der Waals surface area contributed by atoms with Crippen LogP contribution in [0.5, 0.6) is 5.75 Å². The summed E-state index contributed by atoms with van der Waals surface area (Å²) in [6, 6.07) is 1.90. The van der Waals surface area contributed by atoms with Gasteiger partial charge in [0.2, 0.25) is 0 Å². The minimum atomic E-state index is -4.72. The summed E-state index contributed by atoms with van der Waals surface area (Å²) in [7, 11) is 1.14. The molecule has 0 saturated carbocycles. The first-order chi connectivity index (χ1) is 12.1. The van der Waals surface area contributed by atoms with Crippen molar-refractivity contribution in [2.45, 2.75) is 45.6 Å². The Morgan fingerprint density at radius 3 is 2.26 bits per heavy atom. The zero-order chi connectivity index (χ0) is 21.2. The third-order valence-electron chi connectivity index (χ3n) is 2.95. The average molecular weight is 459 g/mol. The van der Waals surface area contributed by atoms with Crippen LogP contribution in [0.1, 0.15) is 38.1 Å². The summed E-state index contributed by atoms with van der Waals surface area (Å²) in [5, 5.41) is 0.645. The summed E-state index contributed by atoms with van der Waals surface area (Å²) < 4.78 is 62.3. The van der Waals surface area contributed by atoms with Crippen LogP contribution in [0.15, 0.2) is 16.6 Å². The Kier molecular flexibility index (Phi) is 7.09. The van der Waals surface area contributed by atoms with E-state index in [1.54, 1.807) is 20.8 Å². The fraction of sp³-hybridized carbons (Fsp3) is 0.500. The van der Waals surface area contributed by atoms with Gasteiger partial charge in [-0.15, -0.1) is 0 Å². The number of nitrogens with zero attached hydrogens (tertiary/aromatic N) is 1. The van der Waals surface area contributed by atoms with Gasteiger partial charge in [-0.05, 0) is 39.8 Å². The molecule has 0 spiro atoms. The molecule has 1 aromatic rings. The lowest BCUT2D eigenvalue weighted by atomic mass is 10.1. The Hall–Kier alpha value is -2.04. The number of benzene rings is 1. The van der Waals surface area contributed by atoms with Gasteiger partial charge in [-0.25, -0.2) is 14.2 Å². The summed E-state index contributed by atoms with van der Waals surface area (Å²) >= 11 is 2.93. The van der Waals surface area contributed by atoms with Crippen molar-refractivity contribution in [3.05, 3.63) is 28.0 Å². The van der Waals surface area contributed by atoms with E-state index in [1.165, 1.54) is 0 Å². The molecule has 0 aliphatic heterocycles. The summed E-state index contributed by atoms with van der Waals surface area (Å²) in [5.41, 5.74) is 0.395. The number of ether oxygens (including phenoxy) is 2. The molecule has 0 aliphatic rings. The van der Waals surface area contributed by atoms with E-state index in [1.807, 2.05) is 5.43 Å². The minimum Gasteiger partial charge on any atom is -0.480 e. The van der Waals surface area contributed by atoms with Crippen LogP contribution in [-0.2, 0) is 4.74 Å². The molecule has 0 radical (unpaired) electrons. The molecule has 1 atom stereocenters. The van der Waals surface area contributed by atoms with Gasteiger partial charge in [-0.1, -0.05) is 15.9 Å². The second kappa shape index (κ2) is 8.32. The highest BCUT2D eigenvalue weighted by molar-refractivity contribution is 9.10. The molecule has 0 fully saturated rings. The minimum absolute atomic E-state index is 0.0708. The summed E-state index contributed by atoms with van der Waals surface area (Å²) in [4.78, 5) is 24.2. The molecule has 0 heterocycles. The van der Waals surface area contributed by atoms with E-state index in [-0.39, 0.29) is 4.47 Å². The monoisotopic (exact) mass is 458 g/mol. The van der Waals surface area contributed by atoms with E-state index in [2.05, 4.69) is 15.9 Å². The van der Waals surface area contributed by atoms with E-state index in [9.17, 15) is 27.2 Å². The van der Waals surface area contributed by atoms with Crippen molar-refractivity contribution in [1.82, 2.24) is 10.4 Å². The number of rotatable bonds is 3. The number of hydrogen-bond acceptors (Lipinski definition) is 4. The third-order valence-corrected chi connectivity index (χ3v) is 3.41. The number of nitrogens with one attached hydrogen (secondary N) is 1. The standard InChI is InChI=1S/C16H19BrF4N2O4/c1-8(16(19,20)21)26-11-7-9(17)6-10(18)12(11)13(24)22-23(5)14(25)27-15(2,3)4/h6-8H,1-5H3,(H,22,24). The Balaban J connectivity index is 3.10. The normalized spacial score (nSPS) is 13.0. The molecule has 2 amide bonds. The number of carbonyl (C=O) groups excluding carboxylic acids is 2. The molecule has 0 bridgehead atoms. The fourth-order valence-corrected chi connectivity index (χ4v) is 2.11. The molecule has 0 aromatic heterocycles. The van der Waals surface area contributed by atoms with Crippen molar-refractivity contribution in [3.8, 4) is 5.75 Å². The highest BCUT2D eigenvalue weighted by atomic mass is 79.9. The maximum absolute atomic E-state index is 14.2.